The summed E-state index contributed by atoms with van der Waals surface area (Å²) in [5, 5.41) is 8.53. The first-order valence-electron chi connectivity index (χ1n) is 8.53. The number of hydrogen-bond acceptors (Lipinski definition) is 6. The summed E-state index contributed by atoms with van der Waals surface area (Å²) in [7, 11) is -8.90. The van der Waals surface area contributed by atoms with E-state index in [0.29, 0.717) is 12.8 Å². The van der Waals surface area contributed by atoms with E-state index in [-0.39, 0.29) is 26.1 Å². The van der Waals surface area contributed by atoms with Gasteiger partial charge in [-0.25, -0.2) is 0 Å². The number of nitrogens with two attached hydrogens (primary N) is 1. The van der Waals surface area contributed by atoms with Crippen LogP contribution in [0.15, 0.2) is 0 Å². The first-order chi connectivity index (χ1) is 11.9. The number of aliphatic carboxylic acids is 1. The van der Waals surface area contributed by atoms with E-state index in [1.165, 1.54) is 32.6 Å². The largest absolute Gasteiger partial charge is 0.480 e. The fourth-order valence-electron chi connectivity index (χ4n) is 2.23. The van der Waals surface area contributed by atoms with Crippen molar-refractivity contribution in [1.82, 2.24) is 10.2 Å². The number of carbonyl (C=O) groups is 1. The third kappa shape index (κ3) is 8.27. The van der Waals surface area contributed by atoms with Gasteiger partial charge >= 0.3 is 21.2 Å². The van der Waals surface area contributed by atoms with Gasteiger partial charge in [-0.1, -0.05) is 6.42 Å². The molecule has 0 aliphatic carbocycles. The summed E-state index contributed by atoms with van der Waals surface area (Å²) >= 11 is 0. The molecule has 1 atom stereocenters. The number of unbranched alkanes of at least 4 members (excludes halogenated alkanes) is 1. The maximum Gasteiger partial charge on any atom is 0.345 e. The molecule has 8 N–H and O–H groups in total. The Kier molecular flexibility index (Phi) is 9.79. The lowest BCUT2D eigenvalue weighted by Crippen LogP contribution is -2.49. The van der Waals surface area contributed by atoms with Crippen LogP contribution in [0.2, 0.25) is 0 Å². The lowest BCUT2D eigenvalue weighted by Gasteiger charge is -2.39. The highest BCUT2D eigenvalue weighted by Gasteiger charge is 2.43. The SMILES string of the molecule is CC(C)(NCCN(CCCCC(N)C(=O)O)C(C)(C)P(=O)(O)O)P(=O)(O)O. The summed E-state index contributed by atoms with van der Waals surface area (Å²) in [5.41, 5.74) is 5.44. The second-order valence-corrected chi connectivity index (χ2v) is 11.9. The van der Waals surface area contributed by atoms with Gasteiger partial charge in [-0.05, 0) is 47.1 Å². The minimum Gasteiger partial charge on any atom is -0.480 e. The van der Waals surface area contributed by atoms with E-state index in [1.807, 2.05) is 0 Å². The van der Waals surface area contributed by atoms with E-state index in [0.717, 1.165) is 0 Å². The molecule has 0 radical (unpaired) electrons. The van der Waals surface area contributed by atoms with E-state index < -0.39 is 37.8 Å². The highest BCUT2D eigenvalue weighted by Crippen LogP contribution is 2.52. The molecule has 0 saturated heterocycles. The van der Waals surface area contributed by atoms with Crippen molar-refractivity contribution in [1.29, 1.82) is 0 Å². The van der Waals surface area contributed by atoms with Gasteiger partial charge in [0.15, 0.2) is 0 Å². The fraction of sp³-hybridized carbons (Fsp3) is 0.929. The predicted octanol–water partition coefficient (Wildman–Crippen LogP) is 0.288. The number of rotatable bonds is 13. The van der Waals surface area contributed by atoms with Crippen LogP contribution in [0.1, 0.15) is 47.0 Å². The Morgan fingerprint density at radius 2 is 1.56 bits per heavy atom. The summed E-state index contributed by atoms with van der Waals surface area (Å²) in [6.07, 6.45) is 1.16. The molecule has 13 heteroatoms. The van der Waals surface area contributed by atoms with Crippen LogP contribution in [-0.2, 0) is 13.9 Å². The standard InChI is InChI=1S/C14H33N3O8P2/c1-13(2,26(20,21)22)16-8-10-17(14(3,4)27(23,24)25)9-6-5-7-11(15)12(18)19/h11,16H,5-10,15H2,1-4H3,(H,18,19)(H2,20,21,22)(H2,23,24,25). The molecular weight excluding hydrogens is 400 g/mol. The van der Waals surface area contributed by atoms with E-state index in [2.05, 4.69) is 5.32 Å². The number of nitrogens with one attached hydrogen (secondary N) is 1. The third-order valence-corrected chi connectivity index (χ3v) is 7.99. The molecule has 1 unspecified atom stereocenters. The van der Waals surface area contributed by atoms with Crippen LogP contribution in [0.5, 0.6) is 0 Å². The predicted molar refractivity (Wildman–Crippen MR) is 101 cm³/mol. The van der Waals surface area contributed by atoms with E-state index >= 15 is 0 Å². The number of hydrogen-bond donors (Lipinski definition) is 7. The number of carboxylic acids is 1. The summed E-state index contributed by atoms with van der Waals surface area (Å²) in [6.45, 7) is 5.97. The van der Waals surface area contributed by atoms with Crippen molar-refractivity contribution in [3.8, 4) is 0 Å². The molecular formula is C14H33N3O8P2. The van der Waals surface area contributed by atoms with Crippen LogP contribution in [0.4, 0.5) is 0 Å². The van der Waals surface area contributed by atoms with E-state index in [4.69, 9.17) is 10.8 Å². The topological polar surface area (TPSA) is 194 Å². The van der Waals surface area contributed by atoms with Gasteiger partial charge in [-0.2, -0.15) is 0 Å². The Labute approximate surface area is 159 Å². The van der Waals surface area contributed by atoms with Gasteiger partial charge in [0.25, 0.3) is 0 Å². The lowest BCUT2D eigenvalue weighted by molar-refractivity contribution is -0.138. The zero-order valence-electron chi connectivity index (χ0n) is 16.2. The molecule has 0 aromatic rings. The van der Waals surface area contributed by atoms with Crippen LogP contribution in [-0.4, -0.2) is 71.8 Å². The molecule has 0 heterocycles. The zero-order chi connectivity index (χ0) is 21.7. The van der Waals surface area contributed by atoms with Crippen LogP contribution in [0.3, 0.4) is 0 Å². The molecule has 0 bridgehead atoms. The first kappa shape index (κ1) is 26.6. The van der Waals surface area contributed by atoms with Crippen molar-refractivity contribution in [2.45, 2.75) is 63.6 Å². The molecule has 0 aliphatic heterocycles. The molecule has 0 rings (SSSR count). The molecule has 0 aliphatic rings. The van der Waals surface area contributed by atoms with Gasteiger partial charge in [-0.15, -0.1) is 0 Å². The lowest BCUT2D eigenvalue weighted by atomic mass is 10.1. The average molecular weight is 433 g/mol. The Balaban J connectivity index is 4.95. The highest BCUT2D eigenvalue weighted by atomic mass is 31.2. The second-order valence-electron chi connectivity index (χ2n) is 7.50. The molecule has 0 aromatic heterocycles. The van der Waals surface area contributed by atoms with Crippen molar-refractivity contribution in [2.75, 3.05) is 19.6 Å². The maximum absolute atomic E-state index is 11.9. The fourth-order valence-corrected chi connectivity index (χ4v) is 3.12. The Morgan fingerprint density at radius 1 is 1.04 bits per heavy atom. The van der Waals surface area contributed by atoms with Crippen molar-refractivity contribution >= 4 is 21.2 Å². The smallest absolute Gasteiger partial charge is 0.345 e. The summed E-state index contributed by atoms with van der Waals surface area (Å²) in [5.74, 6) is -1.11. The normalized spacial score (nSPS) is 15.2. The molecule has 0 amide bonds. The Hall–Kier alpha value is -0.350. The van der Waals surface area contributed by atoms with Crippen LogP contribution < -0.4 is 11.1 Å². The summed E-state index contributed by atoms with van der Waals surface area (Å²) in [4.78, 5) is 50.2. The summed E-state index contributed by atoms with van der Waals surface area (Å²) in [6, 6.07) is -0.987. The van der Waals surface area contributed by atoms with Crippen molar-refractivity contribution in [3.05, 3.63) is 0 Å². The Morgan fingerprint density at radius 3 is 1.96 bits per heavy atom. The molecule has 162 valence electrons. The molecule has 0 spiro atoms. The second kappa shape index (κ2) is 9.91. The summed E-state index contributed by atoms with van der Waals surface area (Å²) < 4.78 is 23.3. The van der Waals surface area contributed by atoms with Gasteiger partial charge < -0.3 is 35.7 Å². The Bertz CT molecular complexity index is 587. The first-order valence-corrected chi connectivity index (χ1v) is 11.8. The van der Waals surface area contributed by atoms with Gasteiger partial charge in [0.05, 0.1) is 0 Å². The number of nitrogens with zero attached hydrogens (tertiary/aromatic N) is 1. The van der Waals surface area contributed by atoms with Crippen LogP contribution in [0, 0.1) is 0 Å². The van der Waals surface area contributed by atoms with Gasteiger partial charge in [0, 0.05) is 13.1 Å². The van der Waals surface area contributed by atoms with Gasteiger partial charge in [0.2, 0.25) is 0 Å². The van der Waals surface area contributed by atoms with E-state index in [9.17, 15) is 33.5 Å². The number of carboxylic acid groups (broad SMARTS) is 1. The minimum atomic E-state index is -4.50. The quantitative estimate of drug-likeness (QED) is 0.156. The van der Waals surface area contributed by atoms with Crippen molar-refractivity contribution in [3.63, 3.8) is 0 Å². The van der Waals surface area contributed by atoms with Crippen molar-refractivity contribution < 1.29 is 38.6 Å². The van der Waals surface area contributed by atoms with E-state index in [1.54, 1.807) is 0 Å². The molecule has 11 nitrogen and oxygen atoms in total. The molecule has 27 heavy (non-hydrogen) atoms. The minimum absolute atomic E-state index is 0.0934. The maximum atomic E-state index is 11.9. The van der Waals surface area contributed by atoms with Gasteiger partial charge in [0.1, 0.15) is 16.6 Å². The monoisotopic (exact) mass is 433 g/mol. The van der Waals surface area contributed by atoms with Crippen LogP contribution >= 0.6 is 15.2 Å². The third-order valence-electron chi connectivity index (χ3n) is 4.66. The highest BCUT2D eigenvalue weighted by molar-refractivity contribution is 7.53. The molecule has 0 fully saturated rings. The molecule has 0 aromatic carbocycles. The van der Waals surface area contributed by atoms with Gasteiger partial charge in [-0.3, -0.25) is 18.8 Å². The molecule has 0 saturated carbocycles. The average Bonchev–Trinajstić information content (AvgIpc) is 2.46. The van der Waals surface area contributed by atoms with Crippen LogP contribution in [0.25, 0.3) is 0 Å². The zero-order valence-corrected chi connectivity index (χ0v) is 18.0. The van der Waals surface area contributed by atoms with Crippen molar-refractivity contribution in [2.24, 2.45) is 5.73 Å².